The number of ether oxygens (including phenoxy) is 1. The van der Waals surface area contributed by atoms with Crippen molar-refractivity contribution in [2.24, 2.45) is 0 Å². The van der Waals surface area contributed by atoms with Crippen LogP contribution < -0.4 is 4.74 Å². The molecule has 1 aromatic heterocycles. The molecule has 3 nitrogen and oxygen atoms in total. The van der Waals surface area contributed by atoms with Gasteiger partial charge < -0.3 is 9.30 Å². The molecule has 0 atom stereocenters. The summed E-state index contributed by atoms with van der Waals surface area (Å²) in [5.74, 6) is 1.82. The van der Waals surface area contributed by atoms with Gasteiger partial charge in [-0.2, -0.15) is 0 Å². The number of fused-ring (bicyclic) bond motifs is 1. The molecule has 3 aromatic carbocycles. The third kappa shape index (κ3) is 4.40. The van der Waals surface area contributed by atoms with Crippen LogP contribution in [0.1, 0.15) is 50.2 Å². The Morgan fingerprint density at radius 2 is 1.50 bits per heavy atom. The van der Waals surface area contributed by atoms with Gasteiger partial charge in [0.05, 0.1) is 11.0 Å². The van der Waals surface area contributed by atoms with E-state index in [4.69, 9.17) is 9.72 Å². The average molecular weight is 399 g/mol. The minimum atomic E-state index is 0.159. The smallest absolute Gasteiger partial charge is 0.148 e. The van der Waals surface area contributed by atoms with Crippen molar-refractivity contribution >= 4 is 11.0 Å². The van der Waals surface area contributed by atoms with E-state index < -0.39 is 0 Å². The first kappa shape index (κ1) is 20.2. The minimum Gasteiger partial charge on any atom is -0.486 e. The summed E-state index contributed by atoms with van der Waals surface area (Å²) < 4.78 is 8.35. The van der Waals surface area contributed by atoms with E-state index in [1.807, 2.05) is 18.2 Å². The van der Waals surface area contributed by atoms with E-state index in [2.05, 4.69) is 86.9 Å². The molecule has 0 fully saturated rings. The topological polar surface area (TPSA) is 27.1 Å². The summed E-state index contributed by atoms with van der Waals surface area (Å²) in [7, 11) is 0. The van der Waals surface area contributed by atoms with E-state index in [0.717, 1.165) is 35.6 Å². The maximum absolute atomic E-state index is 6.08. The highest BCUT2D eigenvalue weighted by molar-refractivity contribution is 5.76. The molecule has 0 amide bonds. The van der Waals surface area contributed by atoms with Gasteiger partial charge in [-0.1, -0.05) is 76.2 Å². The maximum Gasteiger partial charge on any atom is 0.148 e. The Morgan fingerprint density at radius 3 is 2.17 bits per heavy atom. The predicted octanol–water partition coefficient (Wildman–Crippen LogP) is 6.52. The molecule has 0 aliphatic rings. The lowest BCUT2D eigenvalue weighted by atomic mass is 9.87. The van der Waals surface area contributed by atoms with Crippen LogP contribution in [0.5, 0.6) is 5.75 Å². The predicted molar refractivity (Wildman–Crippen MR) is 124 cm³/mol. The fraction of sp³-hybridized carbons (Fsp3) is 0.296. The van der Waals surface area contributed by atoms with Gasteiger partial charge in [0.25, 0.3) is 0 Å². The molecule has 0 saturated carbocycles. The quantitative estimate of drug-likeness (QED) is 0.369. The van der Waals surface area contributed by atoms with E-state index >= 15 is 0 Å². The summed E-state index contributed by atoms with van der Waals surface area (Å²) in [6, 6.07) is 25.5. The molecule has 0 radical (unpaired) electrons. The maximum atomic E-state index is 6.08. The van der Waals surface area contributed by atoms with Gasteiger partial charge in [-0.15, -0.1) is 0 Å². The molecular formula is C27H30N2O. The monoisotopic (exact) mass is 398 g/mol. The normalized spacial score (nSPS) is 11.7. The Bertz CT molecular complexity index is 1120. The number of hydrogen-bond acceptors (Lipinski definition) is 2. The fourth-order valence-corrected chi connectivity index (χ4v) is 3.67. The van der Waals surface area contributed by atoms with Crippen LogP contribution in [0.15, 0.2) is 72.8 Å². The lowest BCUT2D eigenvalue weighted by Gasteiger charge is -2.19. The molecule has 1 heterocycles. The van der Waals surface area contributed by atoms with E-state index in [1.54, 1.807) is 0 Å². The van der Waals surface area contributed by atoms with Crippen LogP contribution in [0, 0.1) is 0 Å². The van der Waals surface area contributed by atoms with Crippen molar-refractivity contribution in [3.05, 3.63) is 95.3 Å². The molecule has 4 rings (SSSR count). The number of hydrogen-bond donors (Lipinski definition) is 0. The number of para-hydroxylation sites is 2. The Hall–Kier alpha value is -3.07. The molecule has 0 N–H and O–H groups in total. The van der Waals surface area contributed by atoms with Gasteiger partial charge in [0.15, 0.2) is 0 Å². The zero-order valence-corrected chi connectivity index (χ0v) is 18.4. The molecule has 30 heavy (non-hydrogen) atoms. The van der Waals surface area contributed by atoms with Gasteiger partial charge in [-0.25, -0.2) is 4.98 Å². The van der Waals surface area contributed by atoms with E-state index in [0.29, 0.717) is 6.61 Å². The zero-order chi connectivity index (χ0) is 21.1. The average Bonchev–Trinajstić information content (AvgIpc) is 3.10. The zero-order valence-electron chi connectivity index (χ0n) is 18.4. The van der Waals surface area contributed by atoms with E-state index in [1.165, 1.54) is 16.7 Å². The minimum absolute atomic E-state index is 0.159. The third-order valence-electron chi connectivity index (χ3n) is 5.59. The Morgan fingerprint density at radius 1 is 0.833 bits per heavy atom. The van der Waals surface area contributed by atoms with Gasteiger partial charge in [-0.05, 0) is 52.8 Å². The van der Waals surface area contributed by atoms with Crippen LogP contribution in [-0.4, -0.2) is 9.55 Å². The number of aryl methyl sites for hydroxylation is 1. The van der Waals surface area contributed by atoms with Gasteiger partial charge in [-0.3, -0.25) is 0 Å². The second kappa shape index (κ2) is 8.35. The molecule has 0 spiro atoms. The number of rotatable bonds is 6. The highest BCUT2D eigenvalue weighted by Crippen LogP contribution is 2.24. The van der Waals surface area contributed by atoms with Crippen molar-refractivity contribution in [1.29, 1.82) is 0 Å². The highest BCUT2D eigenvalue weighted by atomic mass is 16.5. The summed E-state index contributed by atoms with van der Waals surface area (Å²) in [5, 5.41) is 0. The van der Waals surface area contributed by atoms with Crippen LogP contribution in [0.25, 0.3) is 11.0 Å². The van der Waals surface area contributed by atoms with E-state index in [9.17, 15) is 0 Å². The Balaban J connectivity index is 1.59. The summed E-state index contributed by atoms with van der Waals surface area (Å²) in [6.45, 7) is 10.1. The van der Waals surface area contributed by atoms with Crippen molar-refractivity contribution in [1.82, 2.24) is 9.55 Å². The number of benzene rings is 3. The van der Waals surface area contributed by atoms with Crippen LogP contribution in [-0.2, 0) is 25.0 Å². The largest absolute Gasteiger partial charge is 0.486 e. The second-order valence-electron chi connectivity index (χ2n) is 8.84. The van der Waals surface area contributed by atoms with Crippen LogP contribution >= 0.6 is 0 Å². The van der Waals surface area contributed by atoms with Gasteiger partial charge in [0, 0.05) is 6.54 Å². The Kier molecular flexibility index (Phi) is 5.63. The number of aromatic nitrogens is 2. The standard InChI is InChI=1S/C27H30N2O/c1-5-20-12-16-23(17-13-20)30-19-26-28-24-8-6-7-9-25(24)29(26)18-21-10-14-22(15-11-21)27(2,3)4/h6-17H,5,18-19H2,1-4H3. The lowest BCUT2D eigenvalue weighted by molar-refractivity contribution is 0.291. The SMILES string of the molecule is CCc1ccc(OCc2nc3ccccc3n2Cc2ccc(C(C)(C)C)cc2)cc1. The molecule has 0 aliphatic heterocycles. The Labute approximate surface area is 179 Å². The molecule has 0 bridgehead atoms. The molecule has 0 saturated heterocycles. The van der Waals surface area contributed by atoms with Crippen molar-refractivity contribution in [2.75, 3.05) is 0 Å². The second-order valence-corrected chi connectivity index (χ2v) is 8.84. The van der Waals surface area contributed by atoms with Gasteiger partial charge in [0.2, 0.25) is 0 Å². The third-order valence-corrected chi connectivity index (χ3v) is 5.59. The first-order valence-electron chi connectivity index (χ1n) is 10.7. The van der Waals surface area contributed by atoms with Crippen molar-refractivity contribution < 1.29 is 4.74 Å². The van der Waals surface area contributed by atoms with Crippen molar-refractivity contribution in [2.45, 2.75) is 52.7 Å². The van der Waals surface area contributed by atoms with Crippen LogP contribution in [0.4, 0.5) is 0 Å². The lowest BCUT2D eigenvalue weighted by Crippen LogP contribution is -2.11. The number of nitrogens with zero attached hydrogens (tertiary/aromatic N) is 2. The van der Waals surface area contributed by atoms with Gasteiger partial charge >= 0.3 is 0 Å². The van der Waals surface area contributed by atoms with Crippen LogP contribution in [0.2, 0.25) is 0 Å². The summed E-state index contributed by atoms with van der Waals surface area (Å²) in [5.41, 5.74) is 6.22. The van der Waals surface area contributed by atoms with Crippen molar-refractivity contribution in [3.63, 3.8) is 0 Å². The summed E-state index contributed by atoms with van der Waals surface area (Å²) in [4.78, 5) is 4.85. The summed E-state index contributed by atoms with van der Waals surface area (Å²) in [6.07, 6.45) is 1.03. The molecule has 0 aliphatic carbocycles. The fourth-order valence-electron chi connectivity index (χ4n) is 3.67. The van der Waals surface area contributed by atoms with Crippen molar-refractivity contribution in [3.8, 4) is 5.75 Å². The highest BCUT2D eigenvalue weighted by Gasteiger charge is 2.15. The first-order valence-corrected chi connectivity index (χ1v) is 10.7. The van der Waals surface area contributed by atoms with E-state index in [-0.39, 0.29) is 5.41 Å². The number of imidazole rings is 1. The molecule has 154 valence electrons. The molecular weight excluding hydrogens is 368 g/mol. The van der Waals surface area contributed by atoms with Crippen LogP contribution in [0.3, 0.4) is 0 Å². The molecule has 0 unspecified atom stereocenters. The molecule has 3 heteroatoms. The van der Waals surface area contributed by atoms with Gasteiger partial charge in [0.1, 0.15) is 18.2 Å². The molecule has 4 aromatic rings. The first-order chi connectivity index (χ1) is 14.4. The summed E-state index contributed by atoms with van der Waals surface area (Å²) >= 11 is 0.